The molecule has 5 nitrogen and oxygen atoms in total. The van der Waals surface area contributed by atoms with Crippen LogP contribution in [0.2, 0.25) is 0 Å². The summed E-state index contributed by atoms with van der Waals surface area (Å²) >= 11 is 0. The van der Waals surface area contributed by atoms with Gasteiger partial charge in [0.25, 0.3) is 5.91 Å². The Bertz CT molecular complexity index is 642. The summed E-state index contributed by atoms with van der Waals surface area (Å²) in [4.78, 5) is 16.5. The maximum atomic E-state index is 12.4. The van der Waals surface area contributed by atoms with Crippen molar-refractivity contribution in [2.24, 2.45) is 0 Å². The van der Waals surface area contributed by atoms with Gasteiger partial charge in [0, 0.05) is 23.5 Å². The predicted octanol–water partition coefficient (Wildman–Crippen LogP) is 3.34. The first-order valence-corrected chi connectivity index (χ1v) is 6.94. The second-order valence-corrected chi connectivity index (χ2v) is 5.29. The molecule has 21 heavy (non-hydrogen) atoms. The summed E-state index contributed by atoms with van der Waals surface area (Å²) in [5.74, 6) is 0.396. The first-order chi connectivity index (χ1) is 9.93. The van der Waals surface area contributed by atoms with Crippen LogP contribution in [0.5, 0.6) is 5.88 Å². The van der Waals surface area contributed by atoms with Crippen molar-refractivity contribution in [2.45, 2.75) is 33.7 Å². The Morgan fingerprint density at radius 1 is 1.33 bits per heavy atom. The molecule has 0 fully saturated rings. The molecule has 1 N–H and O–H groups in total. The minimum Gasteiger partial charge on any atom is -0.481 e. The molecule has 0 aliphatic heterocycles. The number of rotatable bonds is 4. The number of hydrogen-bond acceptors (Lipinski definition) is 3. The maximum absolute atomic E-state index is 12.4. The van der Waals surface area contributed by atoms with Crippen molar-refractivity contribution < 1.29 is 9.53 Å². The molecule has 2 aromatic rings. The number of nitrogens with zero attached hydrogens (tertiary/aromatic N) is 2. The number of amides is 1. The van der Waals surface area contributed by atoms with Crippen LogP contribution < -0.4 is 10.1 Å². The van der Waals surface area contributed by atoms with E-state index in [1.54, 1.807) is 25.4 Å². The predicted molar refractivity (Wildman–Crippen MR) is 83.0 cm³/mol. The number of aryl methyl sites for hydroxylation is 1. The van der Waals surface area contributed by atoms with Crippen LogP contribution in [0.4, 0.5) is 5.69 Å². The molecule has 0 saturated carbocycles. The number of methoxy groups -OCH3 is 1. The van der Waals surface area contributed by atoms with Gasteiger partial charge in [0.2, 0.25) is 5.88 Å². The van der Waals surface area contributed by atoms with Crippen LogP contribution in [0.15, 0.2) is 24.4 Å². The number of anilines is 1. The number of nitrogens with one attached hydrogen (secondary N) is 1. The molecule has 0 radical (unpaired) electrons. The average molecular weight is 287 g/mol. The van der Waals surface area contributed by atoms with E-state index in [4.69, 9.17) is 4.74 Å². The van der Waals surface area contributed by atoms with Gasteiger partial charge in [-0.05, 0) is 39.8 Å². The Balaban J connectivity index is 2.22. The molecule has 0 saturated heterocycles. The lowest BCUT2D eigenvalue weighted by Gasteiger charge is -2.13. The average Bonchev–Trinajstić information content (AvgIpc) is 2.75. The second kappa shape index (κ2) is 5.99. The number of aromatic nitrogens is 2. The quantitative estimate of drug-likeness (QED) is 0.938. The van der Waals surface area contributed by atoms with Gasteiger partial charge < -0.3 is 14.6 Å². The van der Waals surface area contributed by atoms with E-state index in [0.717, 1.165) is 11.4 Å². The molecule has 5 heteroatoms. The first kappa shape index (κ1) is 15.1. The second-order valence-electron chi connectivity index (χ2n) is 5.29. The fraction of sp³-hybridized carbons (Fsp3) is 0.375. The number of hydrogen-bond donors (Lipinski definition) is 1. The molecular weight excluding hydrogens is 266 g/mol. The third kappa shape index (κ3) is 3.07. The molecular formula is C16H21N3O2. The van der Waals surface area contributed by atoms with Crippen molar-refractivity contribution in [3.63, 3.8) is 0 Å². The number of carbonyl (C=O) groups excluding carboxylic acids is 1. The largest absolute Gasteiger partial charge is 0.481 e. The lowest BCUT2D eigenvalue weighted by molar-refractivity contribution is 0.102. The van der Waals surface area contributed by atoms with E-state index in [0.29, 0.717) is 23.2 Å². The highest BCUT2D eigenvalue weighted by Gasteiger charge is 2.17. The minimum absolute atomic E-state index is 0.123. The number of pyridine rings is 1. The minimum atomic E-state index is -0.123. The van der Waals surface area contributed by atoms with Crippen LogP contribution in [-0.4, -0.2) is 22.6 Å². The van der Waals surface area contributed by atoms with E-state index in [9.17, 15) is 4.79 Å². The van der Waals surface area contributed by atoms with Gasteiger partial charge in [0.05, 0.1) is 24.6 Å². The van der Waals surface area contributed by atoms with Gasteiger partial charge in [-0.3, -0.25) is 4.79 Å². The maximum Gasteiger partial charge on any atom is 0.257 e. The standard InChI is InChI=1S/C16H21N3O2/c1-10(2)19-11(3)8-14(12(19)4)16(20)18-13-6-7-15(21-5)17-9-13/h6-10H,1-5H3,(H,18,20). The van der Waals surface area contributed by atoms with Gasteiger partial charge in [-0.15, -0.1) is 0 Å². The highest BCUT2D eigenvalue weighted by atomic mass is 16.5. The van der Waals surface area contributed by atoms with Crippen molar-refractivity contribution in [1.82, 2.24) is 9.55 Å². The van der Waals surface area contributed by atoms with Gasteiger partial charge in [-0.1, -0.05) is 0 Å². The highest BCUT2D eigenvalue weighted by Crippen LogP contribution is 2.21. The Morgan fingerprint density at radius 3 is 2.52 bits per heavy atom. The van der Waals surface area contributed by atoms with E-state index >= 15 is 0 Å². The molecule has 2 rings (SSSR count). The van der Waals surface area contributed by atoms with Crippen LogP contribution in [-0.2, 0) is 0 Å². The van der Waals surface area contributed by atoms with E-state index in [-0.39, 0.29) is 5.91 Å². The van der Waals surface area contributed by atoms with E-state index in [1.807, 2.05) is 19.9 Å². The van der Waals surface area contributed by atoms with Crippen LogP contribution in [0.3, 0.4) is 0 Å². The van der Waals surface area contributed by atoms with Crippen LogP contribution in [0.1, 0.15) is 41.6 Å². The third-order valence-corrected chi connectivity index (χ3v) is 3.45. The number of ether oxygens (including phenoxy) is 1. The normalized spacial score (nSPS) is 10.8. The Labute approximate surface area is 125 Å². The van der Waals surface area contributed by atoms with E-state index in [2.05, 4.69) is 28.7 Å². The van der Waals surface area contributed by atoms with Gasteiger partial charge in [-0.25, -0.2) is 4.98 Å². The summed E-state index contributed by atoms with van der Waals surface area (Å²) in [6, 6.07) is 5.73. The van der Waals surface area contributed by atoms with Crippen molar-refractivity contribution in [1.29, 1.82) is 0 Å². The lowest BCUT2D eigenvalue weighted by Crippen LogP contribution is -2.14. The molecule has 0 spiro atoms. The molecule has 0 aliphatic rings. The van der Waals surface area contributed by atoms with Gasteiger partial charge in [0.1, 0.15) is 0 Å². The molecule has 0 aliphatic carbocycles. The SMILES string of the molecule is COc1ccc(NC(=O)c2cc(C)n(C(C)C)c2C)cn1. The van der Waals surface area contributed by atoms with Crippen molar-refractivity contribution in [2.75, 3.05) is 12.4 Å². The zero-order valence-corrected chi connectivity index (χ0v) is 13.1. The topological polar surface area (TPSA) is 56.1 Å². The number of carbonyl (C=O) groups is 1. The van der Waals surface area contributed by atoms with Crippen LogP contribution in [0.25, 0.3) is 0 Å². The summed E-state index contributed by atoms with van der Waals surface area (Å²) in [5.41, 5.74) is 3.40. The summed E-state index contributed by atoms with van der Waals surface area (Å²) in [7, 11) is 1.56. The van der Waals surface area contributed by atoms with Crippen LogP contribution >= 0.6 is 0 Å². The molecule has 0 aromatic carbocycles. The zero-order valence-electron chi connectivity index (χ0n) is 13.1. The van der Waals surface area contributed by atoms with E-state index < -0.39 is 0 Å². The molecule has 2 aromatic heterocycles. The van der Waals surface area contributed by atoms with Gasteiger partial charge in [-0.2, -0.15) is 0 Å². The molecule has 1 amide bonds. The summed E-state index contributed by atoms with van der Waals surface area (Å²) in [6.07, 6.45) is 1.58. The molecule has 2 heterocycles. The molecule has 0 unspecified atom stereocenters. The Kier molecular flexibility index (Phi) is 4.31. The van der Waals surface area contributed by atoms with E-state index in [1.165, 1.54) is 0 Å². The molecule has 112 valence electrons. The zero-order chi connectivity index (χ0) is 15.6. The third-order valence-electron chi connectivity index (χ3n) is 3.45. The fourth-order valence-corrected chi connectivity index (χ4v) is 2.58. The highest BCUT2D eigenvalue weighted by molar-refractivity contribution is 6.05. The Morgan fingerprint density at radius 2 is 2.05 bits per heavy atom. The van der Waals surface area contributed by atoms with Crippen LogP contribution in [0, 0.1) is 13.8 Å². The molecule has 0 atom stereocenters. The van der Waals surface area contributed by atoms with Gasteiger partial charge >= 0.3 is 0 Å². The van der Waals surface area contributed by atoms with Crippen molar-refractivity contribution in [3.05, 3.63) is 41.3 Å². The summed E-state index contributed by atoms with van der Waals surface area (Å²) < 4.78 is 7.15. The summed E-state index contributed by atoms with van der Waals surface area (Å²) in [5, 5.41) is 2.86. The summed E-state index contributed by atoms with van der Waals surface area (Å²) in [6.45, 7) is 8.19. The Hall–Kier alpha value is -2.30. The van der Waals surface area contributed by atoms with Crippen molar-refractivity contribution in [3.8, 4) is 5.88 Å². The fourth-order valence-electron chi connectivity index (χ4n) is 2.58. The van der Waals surface area contributed by atoms with Gasteiger partial charge in [0.15, 0.2) is 0 Å². The molecule has 0 bridgehead atoms. The lowest BCUT2D eigenvalue weighted by atomic mass is 10.2. The monoisotopic (exact) mass is 287 g/mol. The smallest absolute Gasteiger partial charge is 0.257 e. The van der Waals surface area contributed by atoms with Crippen molar-refractivity contribution >= 4 is 11.6 Å². The first-order valence-electron chi connectivity index (χ1n) is 6.94.